The van der Waals surface area contributed by atoms with Gasteiger partial charge in [-0.15, -0.1) is 0 Å². The molecule has 1 saturated heterocycles. The van der Waals surface area contributed by atoms with E-state index in [9.17, 15) is 24.3 Å². The van der Waals surface area contributed by atoms with Gasteiger partial charge in [-0.2, -0.15) is 0 Å². The maximum absolute atomic E-state index is 12.7. The van der Waals surface area contributed by atoms with Crippen LogP contribution in [0.1, 0.15) is 54.4 Å². The highest BCUT2D eigenvalue weighted by Gasteiger charge is 2.59. The summed E-state index contributed by atoms with van der Waals surface area (Å²) in [6.45, 7) is 8.75. The first-order valence-corrected chi connectivity index (χ1v) is 11.0. The zero-order valence-corrected chi connectivity index (χ0v) is 20.1. The van der Waals surface area contributed by atoms with Gasteiger partial charge in [-0.05, 0) is 39.3 Å². The van der Waals surface area contributed by atoms with Gasteiger partial charge >= 0.3 is 23.9 Å². The van der Waals surface area contributed by atoms with Gasteiger partial charge in [-0.25, -0.2) is 9.59 Å². The number of ether oxygens (including phenoxy) is 5. The Kier molecular flexibility index (Phi) is 7.05. The molecule has 186 valence electrons. The van der Waals surface area contributed by atoms with E-state index in [4.69, 9.17) is 23.7 Å². The monoisotopic (exact) mass is 478 g/mol. The third-order valence-electron chi connectivity index (χ3n) is 6.03. The van der Waals surface area contributed by atoms with E-state index in [0.29, 0.717) is 11.1 Å². The third-order valence-corrected chi connectivity index (χ3v) is 6.03. The van der Waals surface area contributed by atoms with E-state index in [-0.39, 0.29) is 30.6 Å². The van der Waals surface area contributed by atoms with E-state index in [0.717, 1.165) is 0 Å². The van der Waals surface area contributed by atoms with Gasteiger partial charge < -0.3 is 28.8 Å². The molecule has 3 heterocycles. The van der Waals surface area contributed by atoms with Crippen LogP contribution < -0.4 is 0 Å². The predicted molar refractivity (Wildman–Crippen MR) is 116 cm³/mol. The molecule has 3 rings (SSSR count). The molecule has 0 aromatic heterocycles. The fraction of sp³-hybridized carbons (Fsp3) is 0.583. The van der Waals surface area contributed by atoms with E-state index < -0.39 is 53.6 Å². The molecule has 0 aromatic carbocycles. The fourth-order valence-electron chi connectivity index (χ4n) is 4.45. The maximum Gasteiger partial charge on any atom is 0.338 e. The molecule has 1 fully saturated rings. The van der Waals surface area contributed by atoms with Crippen molar-refractivity contribution in [3.05, 3.63) is 34.4 Å². The van der Waals surface area contributed by atoms with Gasteiger partial charge in [0.2, 0.25) is 5.79 Å². The molecular formula is C24H30O10. The first kappa shape index (κ1) is 25.6. The van der Waals surface area contributed by atoms with Crippen LogP contribution in [0.25, 0.3) is 0 Å². The van der Waals surface area contributed by atoms with E-state index >= 15 is 0 Å². The van der Waals surface area contributed by atoms with Crippen LogP contribution in [-0.4, -0.2) is 65.3 Å². The largest absolute Gasteiger partial charge is 0.461 e. The Bertz CT molecular complexity index is 1000. The minimum Gasteiger partial charge on any atom is -0.461 e. The summed E-state index contributed by atoms with van der Waals surface area (Å²) in [5.41, 5.74) is 0.115. The molecule has 5 atom stereocenters. The van der Waals surface area contributed by atoms with Gasteiger partial charge in [0.15, 0.2) is 0 Å². The highest BCUT2D eigenvalue weighted by molar-refractivity contribution is 5.93. The maximum atomic E-state index is 12.7. The lowest BCUT2D eigenvalue weighted by molar-refractivity contribution is -0.227. The van der Waals surface area contributed by atoms with E-state index in [1.54, 1.807) is 27.7 Å². The van der Waals surface area contributed by atoms with E-state index in [1.807, 2.05) is 0 Å². The molecule has 0 spiro atoms. The van der Waals surface area contributed by atoms with Gasteiger partial charge in [0.1, 0.15) is 24.4 Å². The second kappa shape index (κ2) is 9.34. The number of allylic oxidation sites excluding steroid dienone is 1. The molecule has 10 nitrogen and oxygen atoms in total. The zero-order valence-electron chi connectivity index (χ0n) is 20.1. The van der Waals surface area contributed by atoms with Crippen molar-refractivity contribution in [3.63, 3.8) is 0 Å². The van der Waals surface area contributed by atoms with Gasteiger partial charge in [-0.1, -0.05) is 5.57 Å². The summed E-state index contributed by atoms with van der Waals surface area (Å²) in [7, 11) is 0. The number of fused-ring (bicyclic) bond motifs is 3. The zero-order chi connectivity index (χ0) is 25.4. The molecule has 1 N–H and O–H groups in total. The van der Waals surface area contributed by atoms with Crippen molar-refractivity contribution in [3.8, 4) is 0 Å². The van der Waals surface area contributed by atoms with Crippen LogP contribution in [-0.2, 0) is 42.9 Å². The average molecular weight is 478 g/mol. The molecule has 0 radical (unpaired) electrons. The predicted octanol–water partition coefficient (Wildman–Crippen LogP) is 1.80. The highest BCUT2D eigenvalue weighted by Crippen LogP contribution is 2.49. The molecular weight excluding hydrogens is 448 g/mol. The first-order chi connectivity index (χ1) is 15.8. The number of esters is 4. The quantitative estimate of drug-likeness (QED) is 0.270. The Morgan fingerprint density at radius 3 is 2.44 bits per heavy atom. The lowest BCUT2D eigenvalue weighted by atomic mass is 9.84. The lowest BCUT2D eigenvalue weighted by Gasteiger charge is -2.33. The lowest BCUT2D eigenvalue weighted by Crippen LogP contribution is -2.42. The topological polar surface area (TPSA) is 135 Å². The smallest absolute Gasteiger partial charge is 0.338 e. The molecule has 0 aliphatic carbocycles. The molecule has 3 aliphatic rings. The number of rotatable bonds is 5. The second-order valence-corrected chi connectivity index (χ2v) is 9.22. The van der Waals surface area contributed by atoms with E-state index in [1.165, 1.54) is 26.0 Å². The Labute approximate surface area is 197 Å². The van der Waals surface area contributed by atoms with Gasteiger partial charge in [0.25, 0.3) is 0 Å². The first-order valence-electron chi connectivity index (χ1n) is 11.0. The van der Waals surface area contributed by atoms with Crippen molar-refractivity contribution in [1.82, 2.24) is 0 Å². The normalized spacial score (nSPS) is 32.4. The summed E-state index contributed by atoms with van der Waals surface area (Å²) in [5.74, 6) is -4.21. The van der Waals surface area contributed by atoms with Crippen LogP contribution in [0.5, 0.6) is 0 Å². The third kappa shape index (κ3) is 5.07. The Hall–Kier alpha value is -2.98. The summed E-state index contributed by atoms with van der Waals surface area (Å²) in [5, 5.41) is 10.9. The Morgan fingerprint density at radius 1 is 1.18 bits per heavy atom. The molecule has 3 aliphatic heterocycles. The minimum absolute atomic E-state index is 0.0142. The van der Waals surface area contributed by atoms with Crippen molar-refractivity contribution in [2.24, 2.45) is 0 Å². The number of carbonyl (C=O) groups excluding carboxylic acids is 4. The summed E-state index contributed by atoms with van der Waals surface area (Å²) < 4.78 is 28.0. The van der Waals surface area contributed by atoms with Crippen molar-refractivity contribution in [2.75, 3.05) is 6.61 Å². The standard InChI is InChI=1S/C24H30O10/c1-12(2)7-20(28)31-17-8-13(3)24(33-15(5)26)10-19(27)23(6,34-24)9-18-21(17)16(22(29)32-18)11-30-14(4)25/h7-8,17-19,27H,9-11H2,1-6H3/t17-,18+,19+,23+,24+/m1/s1. The van der Waals surface area contributed by atoms with Crippen molar-refractivity contribution in [1.29, 1.82) is 0 Å². The molecule has 0 aromatic rings. The number of aliphatic hydroxyl groups excluding tert-OH is 1. The van der Waals surface area contributed by atoms with Crippen LogP contribution in [0.2, 0.25) is 0 Å². The summed E-state index contributed by atoms with van der Waals surface area (Å²) >= 11 is 0. The molecule has 0 amide bonds. The summed E-state index contributed by atoms with van der Waals surface area (Å²) in [4.78, 5) is 48.6. The number of aliphatic hydroxyl groups is 1. The summed E-state index contributed by atoms with van der Waals surface area (Å²) in [6.07, 6.45) is -0.387. The van der Waals surface area contributed by atoms with Crippen molar-refractivity contribution < 1.29 is 48.0 Å². The van der Waals surface area contributed by atoms with E-state index in [2.05, 4.69) is 0 Å². The summed E-state index contributed by atoms with van der Waals surface area (Å²) in [6, 6.07) is 0. The molecule has 10 heteroatoms. The van der Waals surface area contributed by atoms with Gasteiger partial charge in [0.05, 0.1) is 11.7 Å². The van der Waals surface area contributed by atoms with Gasteiger partial charge in [0, 0.05) is 38.3 Å². The molecule has 0 unspecified atom stereocenters. The highest BCUT2D eigenvalue weighted by atomic mass is 16.7. The minimum atomic E-state index is -1.60. The Morgan fingerprint density at radius 2 is 1.85 bits per heavy atom. The van der Waals surface area contributed by atoms with Crippen LogP contribution in [0.15, 0.2) is 34.4 Å². The number of hydrogen-bond acceptors (Lipinski definition) is 10. The molecule has 34 heavy (non-hydrogen) atoms. The fourth-order valence-corrected chi connectivity index (χ4v) is 4.45. The SMILES string of the molecule is CC(=O)OCC1=C2[C@H](C[C@]3(C)O[C@@](OC(C)=O)(C[C@@H]3O)C(C)=C[C@H]2OC(=O)C=C(C)C)OC1=O. The van der Waals surface area contributed by atoms with Crippen LogP contribution >= 0.6 is 0 Å². The van der Waals surface area contributed by atoms with Crippen LogP contribution in [0.3, 0.4) is 0 Å². The number of carbonyl (C=O) groups is 4. The number of hydrogen-bond donors (Lipinski definition) is 1. The molecule has 0 saturated carbocycles. The molecule has 2 bridgehead atoms. The van der Waals surface area contributed by atoms with Gasteiger partial charge in [-0.3, -0.25) is 9.59 Å². The second-order valence-electron chi connectivity index (χ2n) is 9.22. The average Bonchev–Trinajstić information content (AvgIpc) is 3.11. The Balaban J connectivity index is 2.19. The van der Waals surface area contributed by atoms with Crippen molar-refractivity contribution >= 4 is 23.9 Å². The van der Waals surface area contributed by atoms with Crippen LogP contribution in [0, 0.1) is 0 Å². The van der Waals surface area contributed by atoms with Crippen molar-refractivity contribution in [2.45, 2.75) is 84.1 Å². The van der Waals surface area contributed by atoms with Crippen LogP contribution in [0.4, 0.5) is 0 Å².